The van der Waals surface area contributed by atoms with Crippen LogP contribution < -0.4 is 5.32 Å². The molecule has 6 nitrogen and oxygen atoms in total. The molecule has 0 radical (unpaired) electrons. The normalized spacial score (nSPS) is 13.7. The molecule has 0 saturated heterocycles. The Hall–Kier alpha value is -2.18. The summed E-state index contributed by atoms with van der Waals surface area (Å²) in [5, 5.41) is 24.4. The van der Waals surface area contributed by atoms with E-state index in [1.807, 2.05) is 0 Å². The molecule has 0 aliphatic carbocycles. The van der Waals surface area contributed by atoms with E-state index < -0.39 is 10.5 Å². The van der Waals surface area contributed by atoms with Gasteiger partial charge in [0.15, 0.2) is 0 Å². The molecule has 110 valence electrons. The summed E-state index contributed by atoms with van der Waals surface area (Å²) in [6, 6.07) is 6.93. The van der Waals surface area contributed by atoms with E-state index in [1.165, 1.54) is 6.08 Å². The molecule has 0 bridgehead atoms. The highest BCUT2D eigenvalue weighted by molar-refractivity contribution is 6.33. The van der Waals surface area contributed by atoms with Gasteiger partial charge in [-0.25, -0.2) is 4.98 Å². The van der Waals surface area contributed by atoms with Crippen LogP contribution in [-0.2, 0) is 0 Å². The predicted octanol–water partition coefficient (Wildman–Crippen LogP) is 3.15. The fourth-order valence-electron chi connectivity index (χ4n) is 1.86. The Labute approximate surface area is 126 Å². The Morgan fingerprint density at radius 3 is 2.86 bits per heavy atom. The second-order valence-electron chi connectivity index (χ2n) is 4.82. The highest BCUT2D eigenvalue weighted by Crippen LogP contribution is 2.37. The van der Waals surface area contributed by atoms with Gasteiger partial charge >= 0.3 is 5.69 Å². The van der Waals surface area contributed by atoms with E-state index >= 15 is 0 Å². The SMILES string of the molecule is C=CC(C)(O)CNc1c([N+](=O)[O-])c(Cl)nc2ccccc12. The molecule has 7 heteroatoms. The second-order valence-corrected chi connectivity index (χ2v) is 5.17. The maximum Gasteiger partial charge on any atom is 0.329 e. The Morgan fingerprint density at radius 1 is 1.57 bits per heavy atom. The van der Waals surface area contributed by atoms with Gasteiger partial charge in [-0.3, -0.25) is 10.1 Å². The maximum absolute atomic E-state index is 11.2. The molecule has 0 amide bonds. The molecule has 1 heterocycles. The first-order valence-electron chi connectivity index (χ1n) is 6.18. The van der Waals surface area contributed by atoms with Crippen molar-refractivity contribution in [2.45, 2.75) is 12.5 Å². The fraction of sp³-hybridized carbons (Fsp3) is 0.214. The van der Waals surface area contributed by atoms with Gasteiger partial charge in [0.2, 0.25) is 5.15 Å². The van der Waals surface area contributed by atoms with Gasteiger partial charge in [0.25, 0.3) is 0 Å². The molecule has 2 N–H and O–H groups in total. The maximum atomic E-state index is 11.2. The Morgan fingerprint density at radius 2 is 2.24 bits per heavy atom. The highest BCUT2D eigenvalue weighted by Gasteiger charge is 2.25. The van der Waals surface area contributed by atoms with E-state index in [1.54, 1.807) is 31.2 Å². The summed E-state index contributed by atoms with van der Waals surface area (Å²) < 4.78 is 0. The summed E-state index contributed by atoms with van der Waals surface area (Å²) in [5.74, 6) is 0. The minimum Gasteiger partial charge on any atom is -0.384 e. The number of aliphatic hydroxyl groups is 1. The number of pyridine rings is 1. The first-order valence-corrected chi connectivity index (χ1v) is 6.56. The lowest BCUT2D eigenvalue weighted by molar-refractivity contribution is -0.384. The fourth-order valence-corrected chi connectivity index (χ4v) is 2.11. The molecular formula is C14H14ClN3O3. The van der Waals surface area contributed by atoms with Crippen LogP contribution in [0.2, 0.25) is 5.15 Å². The smallest absolute Gasteiger partial charge is 0.329 e. The average Bonchev–Trinajstić information content (AvgIpc) is 2.43. The van der Waals surface area contributed by atoms with Crippen LogP contribution in [0.1, 0.15) is 6.92 Å². The number of hydrogen-bond donors (Lipinski definition) is 2. The lowest BCUT2D eigenvalue weighted by atomic mass is 10.1. The molecule has 0 aliphatic rings. The van der Waals surface area contributed by atoms with Crippen molar-refractivity contribution in [3.63, 3.8) is 0 Å². The van der Waals surface area contributed by atoms with E-state index in [-0.39, 0.29) is 23.1 Å². The third-order valence-corrected chi connectivity index (χ3v) is 3.33. The summed E-state index contributed by atoms with van der Waals surface area (Å²) in [6.45, 7) is 5.12. The minimum absolute atomic E-state index is 0.0572. The van der Waals surface area contributed by atoms with E-state index in [2.05, 4.69) is 16.9 Å². The van der Waals surface area contributed by atoms with Crippen molar-refractivity contribution >= 4 is 33.9 Å². The second kappa shape index (κ2) is 5.67. The van der Waals surface area contributed by atoms with Gasteiger partial charge in [-0.15, -0.1) is 6.58 Å². The van der Waals surface area contributed by atoms with Crippen LogP contribution in [0.25, 0.3) is 10.9 Å². The lowest BCUT2D eigenvalue weighted by Crippen LogP contribution is -2.31. The molecule has 0 fully saturated rings. The van der Waals surface area contributed by atoms with Crippen LogP contribution in [0.4, 0.5) is 11.4 Å². The van der Waals surface area contributed by atoms with Crippen LogP contribution in [-0.4, -0.2) is 27.2 Å². The Bertz CT molecular complexity index is 716. The first kappa shape index (κ1) is 15.2. The molecular weight excluding hydrogens is 294 g/mol. The van der Waals surface area contributed by atoms with Crippen molar-refractivity contribution in [1.82, 2.24) is 4.98 Å². The molecule has 1 aromatic carbocycles. The third kappa shape index (κ3) is 3.12. The quantitative estimate of drug-likeness (QED) is 0.383. The lowest BCUT2D eigenvalue weighted by Gasteiger charge is -2.20. The van der Waals surface area contributed by atoms with E-state index in [4.69, 9.17) is 11.6 Å². The standard InChI is InChI=1S/C14H14ClN3O3/c1-3-14(2,19)8-16-11-9-6-4-5-7-10(9)17-13(15)12(11)18(20)21/h3-7,19H,1,8H2,2H3,(H,16,17). The number of hydrogen-bond acceptors (Lipinski definition) is 5. The Kier molecular flexibility index (Phi) is 4.11. The van der Waals surface area contributed by atoms with Crippen LogP contribution in [0, 0.1) is 10.1 Å². The largest absolute Gasteiger partial charge is 0.384 e. The monoisotopic (exact) mass is 307 g/mol. The van der Waals surface area contributed by atoms with Crippen molar-refractivity contribution in [1.29, 1.82) is 0 Å². The topological polar surface area (TPSA) is 88.3 Å². The molecule has 1 atom stereocenters. The first-order chi connectivity index (χ1) is 9.85. The van der Waals surface area contributed by atoms with Gasteiger partial charge in [0, 0.05) is 11.9 Å². The minimum atomic E-state index is -1.20. The summed E-state index contributed by atoms with van der Waals surface area (Å²) in [4.78, 5) is 14.7. The number of aromatic nitrogens is 1. The number of anilines is 1. The van der Waals surface area contributed by atoms with Gasteiger partial charge in [-0.1, -0.05) is 35.9 Å². The molecule has 1 aromatic heterocycles. The number of fused-ring (bicyclic) bond motifs is 1. The molecule has 1 unspecified atom stereocenters. The van der Waals surface area contributed by atoms with Crippen molar-refractivity contribution in [3.8, 4) is 0 Å². The molecule has 0 saturated carbocycles. The molecule has 0 spiro atoms. The van der Waals surface area contributed by atoms with Crippen LogP contribution >= 0.6 is 11.6 Å². The summed E-state index contributed by atoms with van der Waals surface area (Å²) in [6.07, 6.45) is 1.36. The molecule has 21 heavy (non-hydrogen) atoms. The number of para-hydroxylation sites is 1. The number of nitrogens with zero attached hydrogens (tertiary/aromatic N) is 2. The van der Waals surface area contributed by atoms with Gasteiger partial charge in [-0.2, -0.15) is 0 Å². The molecule has 0 aliphatic heterocycles. The van der Waals surface area contributed by atoms with Gasteiger partial charge in [0.1, 0.15) is 5.69 Å². The van der Waals surface area contributed by atoms with Gasteiger partial charge in [0.05, 0.1) is 16.0 Å². The van der Waals surface area contributed by atoms with Crippen molar-refractivity contribution in [2.24, 2.45) is 0 Å². The Balaban J connectivity index is 2.59. The zero-order chi connectivity index (χ0) is 15.6. The third-order valence-electron chi connectivity index (χ3n) is 3.07. The number of nitrogens with one attached hydrogen (secondary N) is 1. The number of nitro groups is 1. The van der Waals surface area contributed by atoms with Gasteiger partial charge in [-0.05, 0) is 13.0 Å². The molecule has 2 aromatic rings. The van der Waals surface area contributed by atoms with E-state index in [9.17, 15) is 15.2 Å². The van der Waals surface area contributed by atoms with E-state index in [0.717, 1.165) is 0 Å². The average molecular weight is 308 g/mol. The van der Waals surface area contributed by atoms with Crippen molar-refractivity contribution < 1.29 is 10.0 Å². The van der Waals surface area contributed by atoms with Crippen molar-refractivity contribution in [3.05, 3.63) is 52.2 Å². The number of halogens is 1. The summed E-state index contributed by atoms with van der Waals surface area (Å²) in [5.41, 5.74) is -0.744. The van der Waals surface area contributed by atoms with Crippen molar-refractivity contribution in [2.75, 3.05) is 11.9 Å². The van der Waals surface area contributed by atoms with Crippen LogP contribution in [0.5, 0.6) is 0 Å². The zero-order valence-electron chi connectivity index (χ0n) is 11.3. The molecule has 2 rings (SSSR count). The van der Waals surface area contributed by atoms with Gasteiger partial charge < -0.3 is 10.4 Å². The zero-order valence-corrected chi connectivity index (χ0v) is 12.1. The number of rotatable bonds is 5. The summed E-state index contributed by atoms with van der Waals surface area (Å²) in [7, 11) is 0. The summed E-state index contributed by atoms with van der Waals surface area (Å²) >= 11 is 5.91. The van der Waals surface area contributed by atoms with Crippen LogP contribution in [0.3, 0.4) is 0 Å². The highest BCUT2D eigenvalue weighted by atomic mass is 35.5. The van der Waals surface area contributed by atoms with Crippen LogP contribution in [0.15, 0.2) is 36.9 Å². The van der Waals surface area contributed by atoms with E-state index in [0.29, 0.717) is 10.9 Å². The number of benzene rings is 1. The predicted molar refractivity (Wildman–Crippen MR) is 82.7 cm³/mol.